The molecule has 0 fully saturated rings. The molecule has 0 amide bonds. The van der Waals surface area contributed by atoms with E-state index in [1.54, 1.807) is 0 Å². The van der Waals surface area contributed by atoms with Crippen LogP contribution in [0.5, 0.6) is 5.75 Å². The van der Waals surface area contributed by atoms with Crippen molar-refractivity contribution in [1.29, 1.82) is 0 Å². The van der Waals surface area contributed by atoms with Gasteiger partial charge in [0.05, 0.1) is 6.61 Å². The van der Waals surface area contributed by atoms with Crippen LogP contribution < -0.4 is 10.1 Å². The zero-order chi connectivity index (χ0) is 15.0. The molecule has 1 aromatic rings. The first kappa shape index (κ1) is 17.0. The average molecular weight is 277 g/mol. The van der Waals surface area contributed by atoms with Gasteiger partial charge in [-0.25, -0.2) is 0 Å². The van der Waals surface area contributed by atoms with Gasteiger partial charge in [0.2, 0.25) is 0 Å². The van der Waals surface area contributed by atoms with Gasteiger partial charge >= 0.3 is 0 Å². The molecule has 0 aliphatic rings. The molecule has 0 saturated heterocycles. The third-order valence-electron chi connectivity index (χ3n) is 3.63. The van der Waals surface area contributed by atoms with Gasteiger partial charge in [0.1, 0.15) is 5.75 Å². The summed E-state index contributed by atoms with van der Waals surface area (Å²) in [6.45, 7) is 14.1. The van der Waals surface area contributed by atoms with Gasteiger partial charge in [-0.05, 0) is 62.3 Å². The molecule has 0 spiro atoms. The van der Waals surface area contributed by atoms with Gasteiger partial charge in [0.15, 0.2) is 0 Å². The van der Waals surface area contributed by atoms with E-state index in [4.69, 9.17) is 4.74 Å². The van der Waals surface area contributed by atoms with Gasteiger partial charge < -0.3 is 10.1 Å². The van der Waals surface area contributed by atoms with E-state index in [0.29, 0.717) is 5.41 Å². The molecule has 0 aliphatic heterocycles. The fraction of sp³-hybridized carbons (Fsp3) is 0.667. The van der Waals surface area contributed by atoms with Gasteiger partial charge in [0, 0.05) is 6.54 Å². The molecule has 0 heterocycles. The Labute approximate surface area is 124 Å². The predicted octanol–water partition coefficient (Wildman–Crippen LogP) is 4.49. The third-order valence-corrected chi connectivity index (χ3v) is 3.63. The Morgan fingerprint density at radius 3 is 2.65 bits per heavy atom. The third kappa shape index (κ3) is 6.42. The maximum Gasteiger partial charge on any atom is 0.122 e. The lowest BCUT2D eigenvalue weighted by atomic mass is 9.88. The van der Waals surface area contributed by atoms with Crippen LogP contribution in [0.1, 0.15) is 51.2 Å². The maximum atomic E-state index is 5.92. The summed E-state index contributed by atoms with van der Waals surface area (Å²) in [4.78, 5) is 0. The minimum Gasteiger partial charge on any atom is -0.493 e. The van der Waals surface area contributed by atoms with Crippen molar-refractivity contribution in [2.24, 2.45) is 5.41 Å². The monoisotopic (exact) mass is 277 g/mol. The molecular weight excluding hydrogens is 246 g/mol. The van der Waals surface area contributed by atoms with Crippen molar-refractivity contribution in [3.63, 3.8) is 0 Å². The predicted molar refractivity (Wildman–Crippen MR) is 87.6 cm³/mol. The Balaban J connectivity index is 2.28. The fourth-order valence-electron chi connectivity index (χ4n) is 2.29. The number of nitrogens with one attached hydrogen (secondary N) is 1. The fourth-order valence-corrected chi connectivity index (χ4v) is 2.29. The molecule has 0 atom stereocenters. The van der Waals surface area contributed by atoms with Gasteiger partial charge in [-0.1, -0.05) is 32.9 Å². The minimum atomic E-state index is 0.347. The average Bonchev–Trinajstić information content (AvgIpc) is 2.39. The van der Waals surface area contributed by atoms with Crippen molar-refractivity contribution in [1.82, 2.24) is 5.32 Å². The number of ether oxygens (including phenoxy) is 1. The van der Waals surface area contributed by atoms with Gasteiger partial charge in [-0.2, -0.15) is 0 Å². The number of aryl methyl sites for hydroxylation is 2. The molecule has 1 N–H and O–H groups in total. The van der Waals surface area contributed by atoms with E-state index < -0.39 is 0 Å². The molecule has 0 radical (unpaired) electrons. The second-order valence-electron chi connectivity index (χ2n) is 6.56. The number of hydrogen-bond acceptors (Lipinski definition) is 2. The molecule has 0 unspecified atom stereocenters. The van der Waals surface area contributed by atoms with Crippen molar-refractivity contribution in [3.05, 3.63) is 29.3 Å². The number of benzene rings is 1. The Bertz CT molecular complexity index is 398. The van der Waals surface area contributed by atoms with Crippen LogP contribution >= 0.6 is 0 Å². The van der Waals surface area contributed by atoms with Gasteiger partial charge in [-0.15, -0.1) is 0 Å². The largest absolute Gasteiger partial charge is 0.493 e. The van der Waals surface area contributed by atoms with E-state index in [0.717, 1.165) is 31.9 Å². The summed E-state index contributed by atoms with van der Waals surface area (Å²) in [5.74, 6) is 1.03. The molecule has 1 aromatic carbocycles. The SMILES string of the molecule is CCCNCC(C)(C)CCCOc1cc(C)ccc1C. The van der Waals surface area contributed by atoms with Crippen LogP contribution in [-0.2, 0) is 0 Å². The lowest BCUT2D eigenvalue weighted by molar-refractivity contribution is 0.249. The zero-order valence-electron chi connectivity index (χ0n) is 13.9. The van der Waals surface area contributed by atoms with Crippen molar-refractivity contribution >= 4 is 0 Å². The lowest BCUT2D eigenvalue weighted by Crippen LogP contribution is -2.30. The normalized spacial score (nSPS) is 11.7. The molecule has 2 heteroatoms. The molecule has 2 nitrogen and oxygen atoms in total. The first-order valence-corrected chi connectivity index (χ1v) is 7.85. The minimum absolute atomic E-state index is 0.347. The second-order valence-corrected chi connectivity index (χ2v) is 6.56. The molecule has 0 bridgehead atoms. The van der Waals surface area contributed by atoms with E-state index in [9.17, 15) is 0 Å². The summed E-state index contributed by atoms with van der Waals surface area (Å²) in [6, 6.07) is 6.39. The highest BCUT2D eigenvalue weighted by Crippen LogP contribution is 2.23. The Morgan fingerprint density at radius 2 is 1.95 bits per heavy atom. The van der Waals surface area contributed by atoms with Crippen LogP contribution in [0.15, 0.2) is 18.2 Å². The summed E-state index contributed by atoms with van der Waals surface area (Å²) in [5.41, 5.74) is 2.83. The van der Waals surface area contributed by atoms with Crippen LogP contribution in [0.2, 0.25) is 0 Å². The molecule has 0 aliphatic carbocycles. The standard InChI is InChI=1S/C18H31NO/c1-6-11-19-14-18(4,5)10-7-12-20-17-13-15(2)8-9-16(17)3/h8-9,13,19H,6-7,10-12,14H2,1-5H3. The van der Waals surface area contributed by atoms with Crippen LogP contribution in [0.25, 0.3) is 0 Å². The first-order chi connectivity index (χ1) is 9.44. The Hall–Kier alpha value is -1.02. The smallest absolute Gasteiger partial charge is 0.122 e. The first-order valence-electron chi connectivity index (χ1n) is 7.85. The summed E-state index contributed by atoms with van der Waals surface area (Å²) < 4.78 is 5.92. The van der Waals surface area contributed by atoms with Gasteiger partial charge in [-0.3, -0.25) is 0 Å². The maximum absolute atomic E-state index is 5.92. The highest BCUT2D eigenvalue weighted by molar-refractivity contribution is 5.35. The van der Waals surface area contributed by atoms with E-state index in [-0.39, 0.29) is 0 Å². The van der Waals surface area contributed by atoms with Crippen molar-refractivity contribution in [3.8, 4) is 5.75 Å². The van der Waals surface area contributed by atoms with Crippen LogP contribution in [0.3, 0.4) is 0 Å². The van der Waals surface area contributed by atoms with E-state index >= 15 is 0 Å². The number of hydrogen-bond donors (Lipinski definition) is 1. The van der Waals surface area contributed by atoms with E-state index in [1.165, 1.54) is 24.0 Å². The summed E-state index contributed by atoms with van der Waals surface area (Å²) >= 11 is 0. The van der Waals surface area contributed by atoms with Crippen LogP contribution in [0, 0.1) is 19.3 Å². The van der Waals surface area contributed by atoms with Crippen LogP contribution in [-0.4, -0.2) is 19.7 Å². The van der Waals surface area contributed by atoms with Crippen LogP contribution in [0.4, 0.5) is 0 Å². The van der Waals surface area contributed by atoms with E-state index in [1.807, 2.05) is 0 Å². The lowest BCUT2D eigenvalue weighted by Gasteiger charge is -2.25. The Kier molecular flexibility index (Phi) is 7.08. The zero-order valence-corrected chi connectivity index (χ0v) is 13.9. The Morgan fingerprint density at radius 1 is 1.20 bits per heavy atom. The highest BCUT2D eigenvalue weighted by atomic mass is 16.5. The van der Waals surface area contributed by atoms with Crippen molar-refractivity contribution < 1.29 is 4.74 Å². The molecular formula is C18H31NO. The molecule has 20 heavy (non-hydrogen) atoms. The second kappa shape index (κ2) is 8.31. The topological polar surface area (TPSA) is 21.3 Å². The van der Waals surface area contributed by atoms with E-state index in [2.05, 4.69) is 58.1 Å². The van der Waals surface area contributed by atoms with Crippen molar-refractivity contribution in [2.75, 3.05) is 19.7 Å². The molecule has 0 saturated carbocycles. The summed E-state index contributed by atoms with van der Waals surface area (Å²) in [7, 11) is 0. The molecule has 114 valence electrons. The highest BCUT2D eigenvalue weighted by Gasteiger charge is 2.16. The number of rotatable bonds is 9. The van der Waals surface area contributed by atoms with Gasteiger partial charge in [0.25, 0.3) is 0 Å². The quantitative estimate of drug-likeness (QED) is 0.672. The summed E-state index contributed by atoms with van der Waals surface area (Å²) in [6.07, 6.45) is 3.49. The molecule has 0 aromatic heterocycles. The molecule has 1 rings (SSSR count). The van der Waals surface area contributed by atoms with Crippen molar-refractivity contribution in [2.45, 2.75) is 53.9 Å². The summed E-state index contributed by atoms with van der Waals surface area (Å²) in [5, 5.41) is 3.51.